The number of hydrogen-bond acceptors (Lipinski definition) is 6. The van der Waals surface area contributed by atoms with E-state index >= 15 is 0 Å². The number of aromatic nitrogens is 2. The van der Waals surface area contributed by atoms with E-state index in [1.165, 1.54) is 11.1 Å². The molecule has 29 heavy (non-hydrogen) atoms. The molecule has 0 amide bonds. The summed E-state index contributed by atoms with van der Waals surface area (Å²) in [7, 11) is 0. The van der Waals surface area contributed by atoms with E-state index in [9.17, 15) is 0 Å². The third-order valence-electron chi connectivity index (χ3n) is 5.41. The molecule has 2 aliphatic rings. The van der Waals surface area contributed by atoms with Crippen LogP contribution in [0.3, 0.4) is 0 Å². The summed E-state index contributed by atoms with van der Waals surface area (Å²) in [5.74, 6) is 0.597. The van der Waals surface area contributed by atoms with E-state index < -0.39 is 0 Å². The van der Waals surface area contributed by atoms with Gasteiger partial charge in [-0.05, 0) is 69.7 Å². The van der Waals surface area contributed by atoms with Gasteiger partial charge in [-0.25, -0.2) is 0 Å². The Balaban J connectivity index is 1.44. The molecule has 2 aromatic rings. The van der Waals surface area contributed by atoms with Gasteiger partial charge in [0.1, 0.15) is 11.8 Å². The number of aliphatic imine (C=N–C) groups is 1. The monoisotopic (exact) mass is 410 g/mol. The summed E-state index contributed by atoms with van der Waals surface area (Å²) < 4.78 is 6.19. The molecule has 1 saturated heterocycles. The SMILES string of the molecule is CC1CC=C(c2csc(-c3ccc(OC4CC(C)(C)NC(C)(C)C4)nn3)c2)C=N1. The summed E-state index contributed by atoms with van der Waals surface area (Å²) in [5, 5.41) is 14.6. The summed E-state index contributed by atoms with van der Waals surface area (Å²) in [5.41, 5.74) is 3.35. The van der Waals surface area contributed by atoms with Crippen molar-refractivity contribution in [2.45, 2.75) is 77.1 Å². The van der Waals surface area contributed by atoms with Crippen LogP contribution in [0, 0.1) is 0 Å². The molecule has 2 aliphatic heterocycles. The Hall–Kier alpha value is -2.05. The van der Waals surface area contributed by atoms with Gasteiger partial charge in [0.2, 0.25) is 5.88 Å². The first-order valence-corrected chi connectivity index (χ1v) is 11.2. The van der Waals surface area contributed by atoms with E-state index in [1.54, 1.807) is 11.3 Å². The molecule has 0 spiro atoms. The van der Waals surface area contributed by atoms with Crippen molar-refractivity contribution in [1.29, 1.82) is 0 Å². The zero-order valence-corrected chi connectivity index (χ0v) is 18.7. The largest absolute Gasteiger partial charge is 0.473 e. The zero-order valence-electron chi connectivity index (χ0n) is 17.9. The van der Waals surface area contributed by atoms with Crippen molar-refractivity contribution in [3.63, 3.8) is 0 Å². The van der Waals surface area contributed by atoms with Gasteiger partial charge < -0.3 is 10.1 Å². The third-order valence-corrected chi connectivity index (χ3v) is 6.37. The number of piperidine rings is 1. The van der Waals surface area contributed by atoms with Gasteiger partial charge in [0.15, 0.2) is 0 Å². The van der Waals surface area contributed by atoms with Gasteiger partial charge in [-0.1, -0.05) is 6.08 Å². The molecule has 0 bridgehead atoms. The summed E-state index contributed by atoms with van der Waals surface area (Å²) in [6.07, 6.45) is 7.26. The van der Waals surface area contributed by atoms with Crippen LogP contribution in [0.1, 0.15) is 59.4 Å². The molecule has 4 rings (SSSR count). The van der Waals surface area contributed by atoms with E-state index in [0.29, 0.717) is 11.9 Å². The molecule has 2 aromatic heterocycles. The van der Waals surface area contributed by atoms with E-state index in [1.807, 2.05) is 18.3 Å². The molecule has 1 fully saturated rings. The zero-order chi connectivity index (χ0) is 20.6. The van der Waals surface area contributed by atoms with Crippen LogP contribution in [0.4, 0.5) is 0 Å². The maximum absolute atomic E-state index is 6.19. The molecule has 154 valence electrons. The number of allylic oxidation sites excluding steroid dienone is 1. The molecule has 0 radical (unpaired) electrons. The topological polar surface area (TPSA) is 59.4 Å². The van der Waals surface area contributed by atoms with Crippen LogP contribution < -0.4 is 10.1 Å². The van der Waals surface area contributed by atoms with Gasteiger partial charge in [-0.3, -0.25) is 4.99 Å². The number of nitrogens with zero attached hydrogens (tertiary/aromatic N) is 3. The van der Waals surface area contributed by atoms with Crippen LogP contribution in [0.15, 0.2) is 34.6 Å². The molecule has 0 aliphatic carbocycles. The van der Waals surface area contributed by atoms with Crippen LogP contribution in [0.5, 0.6) is 5.88 Å². The van der Waals surface area contributed by atoms with E-state index in [-0.39, 0.29) is 17.2 Å². The lowest BCUT2D eigenvalue weighted by Crippen LogP contribution is -2.60. The van der Waals surface area contributed by atoms with Gasteiger partial charge in [0.05, 0.1) is 10.9 Å². The Morgan fingerprint density at radius 1 is 1.10 bits per heavy atom. The highest BCUT2D eigenvalue weighted by Gasteiger charge is 2.38. The average molecular weight is 411 g/mol. The number of ether oxygens (including phenoxy) is 1. The Morgan fingerprint density at radius 2 is 1.86 bits per heavy atom. The fraction of sp³-hybridized carbons (Fsp3) is 0.522. The lowest BCUT2D eigenvalue weighted by Gasteiger charge is -2.46. The summed E-state index contributed by atoms with van der Waals surface area (Å²) >= 11 is 1.68. The number of thiophene rings is 1. The Kier molecular flexibility index (Phi) is 5.34. The number of dihydropyridines is 1. The molecule has 5 nitrogen and oxygen atoms in total. The van der Waals surface area contributed by atoms with Gasteiger partial charge in [-0.2, -0.15) is 0 Å². The maximum atomic E-state index is 6.19. The standard InChI is InChI=1S/C23H30N4OS/c1-15-6-7-16(13-24-15)17-10-20(29-14-17)19-8-9-21(26-25-19)28-18-11-22(2,3)27-23(4,5)12-18/h7-10,13-15,18,27H,6,11-12H2,1-5H3. The minimum atomic E-state index is 0.0437. The van der Waals surface area contributed by atoms with E-state index in [2.05, 4.69) is 72.6 Å². The normalized spacial score (nSPS) is 23.6. The summed E-state index contributed by atoms with van der Waals surface area (Å²) in [4.78, 5) is 5.63. The van der Waals surface area contributed by atoms with Crippen LogP contribution in [-0.2, 0) is 0 Å². The fourth-order valence-electron chi connectivity index (χ4n) is 4.43. The molecule has 1 atom stereocenters. The minimum Gasteiger partial charge on any atom is -0.473 e. The van der Waals surface area contributed by atoms with E-state index in [0.717, 1.165) is 29.8 Å². The summed E-state index contributed by atoms with van der Waals surface area (Å²) in [6.45, 7) is 11.0. The second-order valence-electron chi connectivity index (χ2n) is 9.52. The van der Waals surface area contributed by atoms with Crippen molar-refractivity contribution < 1.29 is 4.74 Å². The maximum Gasteiger partial charge on any atom is 0.233 e. The molecule has 6 heteroatoms. The minimum absolute atomic E-state index is 0.0437. The molecule has 0 aromatic carbocycles. The fourth-order valence-corrected chi connectivity index (χ4v) is 5.31. The second kappa shape index (κ2) is 7.65. The molecule has 4 heterocycles. The Morgan fingerprint density at radius 3 is 2.48 bits per heavy atom. The predicted molar refractivity (Wildman–Crippen MR) is 121 cm³/mol. The van der Waals surface area contributed by atoms with Crippen molar-refractivity contribution in [1.82, 2.24) is 15.5 Å². The second-order valence-corrected chi connectivity index (χ2v) is 10.4. The van der Waals surface area contributed by atoms with Crippen LogP contribution in [0.2, 0.25) is 0 Å². The average Bonchev–Trinajstić information content (AvgIpc) is 3.10. The Labute approximate surface area is 177 Å². The Bertz CT molecular complexity index is 911. The van der Waals surface area contributed by atoms with Crippen LogP contribution >= 0.6 is 11.3 Å². The number of nitrogens with one attached hydrogen (secondary N) is 1. The van der Waals surface area contributed by atoms with Gasteiger partial charge in [-0.15, -0.1) is 21.5 Å². The van der Waals surface area contributed by atoms with E-state index in [4.69, 9.17) is 4.74 Å². The lowest BCUT2D eigenvalue weighted by atomic mass is 9.81. The number of rotatable bonds is 4. The van der Waals surface area contributed by atoms with Gasteiger partial charge >= 0.3 is 0 Å². The van der Waals surface area contributed by atoms with Crippen LogP contribution in [-0.4, -0.2) is 39.6 Å². The molecule has 1 N–H and O–H groups in total. The highest BCUT2D eigenvalue weighted by molar-refractivity contribution is 7.13. The first-order chi connectivity index (χ1) is 13.7. The quantitative estimate of drug-likeness (QED) is 0.758. The first kappa shape index (κ1) is 20.2. The highest BCUT2D eigenvalue weighted by atomic mass is 32.1. The third kappa shape index (κ3) is 4.93. The molecular weight excluding hydrogens is 380 g/mol. The molecule has 0 saturated carbocycles. The van der Waals surface area contributed by atoms with Gasteiger partial charge in [0, 0.05) is 36.2 Å². The lowest BCUT2D eigenvalue weighted by molar-refractivity contribution is 0.0524. The van der Waals surface area contributed by atoms with Crippen LogP contribution in [0.25, 0.3) is 16.1 Å². The molecular formula is C23H30N4OS. The summed E-state index contributed by atoms with van der Waals surface area (Å²) in [6, 6.07) is 6.49. The van der Waals surface area contributed by atoms with Crippen molar-refractivity contribution in [2.24, 2.45) is 4.99 Å². The molecule has 1 unspecified atom stereocenters. The van der Waals surface area contributed by atoms with Crippen molar-refractivity contribution in [3.8, 4) is 16.5 Å². The number of hydrogen-bond donors (Lipinski definition) is 1. The van der Waals surface area contributed by atoms with Crippen molar-refractivity contribution in [2.75, 3.05) is 0 Å². The highest BCUT2D eigenvalue weighted by Crippen LogP contribution is 2.32. The van der Waals surface area contributed by atoms with Crippen molar-refractivity contribution >= 4 is 23.1 Å². The first-order valence-electron chi connectivity index (χ1n) is 10.3. The predicted octanol–water partition coefficient (Wildman–Crippen LogP) is 5.14. The van der Waals surface area contributed by atoms with Gasteiger partial charge in [0.25, 0.3) is 0 Å². The smallest absolute Gasteiger partial charge is 0.233 e. The van der Waals surface area contributed by atoms with Crippen molar-refractivity contribution in [3.05, 3.63) is 35.2 Å².